The molecule has 0 fully saturated rings. The van der Waals surface area contributed by atoms with Crippen LogP contribution in [0.4, 0.5) is 28.9 Å². The van der Waals surface area contributed by atoms with Gasteiger partial charge < -0.3 is 25.2 Å². The Bertz CT molecular complexity index is 1610. The number of hydrogen-bond acceptors (Lipinski definition) is 12. The third-order valence-electron chi connectivity index (χ3n) is 5.96. The van der Waals surface area contributed by atoms with Gasteiger partial charge in [-0.25, -0.2) is 14.3 Å². The Hall–Kier alpha value is -4.64. The van der Waals surface area contributed by atoms with E-state index in [0.29, 0.717) is 29.2 Å². The van der Waals surface area contributed by atoms with Gasteiger partial charge in [-0.1, -0.05) is 23.5 Å². The molecule has 3 aromatic heterocycles. The second-order valence-corrected chi connectivity index (χ2v) is 12.2. The van der Waals surface area contributed by atoms with E-state index in [9.17, 15) is 27.9 Å². The maximum Gasteiger partial charge on any atom is 0.573 e. The third kappa shape index (κ3) is 11.7. The topological polar surface area (TPSA) is 166 Å². The second kappa shape index (κ2) is 15.1. The fourth-order valence-corrected chi connectivity index (χ4v) is 4.88. The molecule has 246 valence electrons. The SMILES string of the molecule is CC(C)(C)OC(=O)n1cnc(CC(O)Nc2nnc(CCCCc3ccc(NC(=O)Cc4cccc(OC(F)(F)F)c4)nn3)s2)c1. The first kappa shape index (κ1) is 34.2. The number of aryl methyl sites for hydroxylation is 2. The van der Waals surface area contributed by atoms with E-state index < -0.39 is 35.9 Å². The van der Waals surface area contributed by atoms with E-state index in [2.05, 4.69) is 40.7 Å². The molecule has 13 nitrogen and oxygen atoms in total. The number of aliphatic hydroxyl groups is 1. The first-order valence-corrected chi connectivity index (χ1v) is 15.0. The molecule has 17 heteroatoms. The van der Waals surface area contributed by atoms with Gasteiger partial charge in [0.25, 0.3) is 0 Å². The number of alkyl halides is 3. The number of unbranched alkanes of at least 4 members (excludes halogenated alkanes) is 1. The van der Waals surface area contributed by atoms with Gasteiger partial charge in [-0.05, 0) is 69.9 Å². The fraction of sp³-hybridized carbons (Fsp3) is 0.414. The number of benzene rings is 1. The van der Waals surface area contributed by atoms with Crippen molar-refractivity contribution in [2.24, 2.45) is 0 Å². The van der Waals surface area contributed by atoms with E-state index in [1.54, 1.807) is 32.9 Å². The zero-order chi connectivity index (χ0) is 33.3. The minimum atomic E-state index is -4.82. The summed E-state index contributed by atoms with van der Waals surface area (Å²) in [5.41, 5.74) is 0.940. The summed E-state index contributed by atoms with van der Waals surface area (Å²) >= 11 is 1.33. The van der Waals surface area contributed by atoms with E-state index in [4.69, 9.17) is 4.74 Å². The van der Waals surface area contributed by atoms with Crippen molar-refractivity contribution in [3.8, 4) is 5.75 Å². The van der Waals surface area contributed by atoms with Crippen molar-refractivity contribution in [1.29, 1.82) is 0 Å². The number of hydrogen-bond donors (Lipinski definition) is 3. The third-order valence-corrected chi connectivity index (χ3v) is 6.87. The van der Waals surface area contributed by atoms with Crippen molar-refractivity contribution in [3.63, 3.8) is 0 Å². The molecule has 0 aliphatic carbocycles. The quantitative estimate of drug-likeness (QED) is 0.131. The fourth-order valence-electron chi connectivity index (χ4n) is 4.06. The van der Waals surface area contributed by atoms with Crippen LogP contribution in [0, 0.1) is 0 Å². The maximum atomic E-state index is 12.4. The van der Waals surface area contributed by atoms with Crippen LogP contribution in [0.3, 0.4) is 0 Å². The Labute approximate surface area is 266 Å². The molecule has 4 aromatic rings. The standard InChI is InChI=1S/C29H33F3N8O5S/c1-28(2,3)45-27(43)40-16-20(33-17-40)15-24(42)35-26-39-38-25(46-26)10-5-4-8-19-11-12-22(37-36-19)34-23(41)14-18-7-6-9-21(13-18)44-29(30,31)32/h6-7,9,11-13,16-17,24,42H,4-5,8,10,14-15H2,1-3H3,(H,35,39)(H,34,37,41). The molecule has 0 saturated heterocycles. The summed E-state index contributed by atoms with van der Waals surface area (Å²) in [6.45, 7) is 5.31. The predicted octanol–water partition coefficient (Wildman–Crippen LogP) is 4.93. The van der Waals surface area contributed by atoms with Crippen LogP contribution in [-0.4, -0.2) is 65.2 Å². The van der Waals surface area contributed by atoms with E-state index in [-0.39, 0.29) is 18.7 Å². The largest absolute Gasteiger partial charge is 0.573 e. The summed E-state index contributed by atoms with van der Waals surface area (Å²) in [6, 6.07) is 8.56. The summed E-state index contributed by atoms with van der Waals surface area (Å²) in [6.07, 6.45) is -0.629. The van der Waals surface area contributed by atoms with Gasteiger partial charge >= 0.3 is 12.5 Å². The van der Waals surface area contributed by atoms with Crippen LogP contribution >= 0.6 is 11.3 Å². The summed E-state index contributed by atoms with van der Waals surface area (Å²) in [5.74, 6) is -0.634. The number of aliphatic hydroxyl groups excluding tert-OH is 1. The molecule has 0 radical (unpaired) electrons. The van der Waals surface area contributed by atoms with Crippen LogP contribution in [0.15, 0.2) is 48.9 Å². The molecular weight excluding hydrogens is 629 g/mol. The number of aromatic nitrogens is 6. The molecular formula is C29H33F3N8O5S. The number of ether oxygens (including phenoxy) is 2. The molecule has 1 atom stereocenters. The monoisotopic (exact) mass is 662 g/mol. The smallest absolute Gasteiger partial charge is 0.443 e. The van der Waals surface area contributed by atoms with Crippen LogP contribution in [0.25, 0.3) is 0 Å². The minimum Gasteiger partial charge on any atom is -0.443 e. The highest BCUT2D eigenvalue weighted by Crippen LogP contribution is 2.24. The average molecular weight is 663 g/mol. The molecule has 1 unspecified atom stereocenters. The molecule has 0 aliphatic rings. The van der Waals surface area contributed by atoms with Gasteiger partial charge in [0.2, 0.25) is 11.0 Å². The highest BCUT2D eigenvalue weighted by atomic mass is 32.1. The number of amides is 1. The number of anilines is 2. The van der Waals surface area contributed by atoms with Crippen LogP contribution in [0.1, 0.15) is 55.6 Å². The highest BCUT2D eigenvalue weighted by molar-refractivity contribution is 7.15. The van der Waals surface area contributed by atoms with Crippen molar-refractivity contribution >= 4 is 34.3 Å². The Balaban J connectivity index is 1.14. The number of carbonyl (C=O) groups is 2. The van der Waals surface area contributed by atoms with Crippen LogP contribution in [0.2, 0.25) is 0 Å². The Kier molecular flexibility index (Phi) is 11.2. The molecule has 1 aromatic carbocycles. The molecule has 4 rings (SSSR count). The summed E-state index contributed by atoms with van der Waals surface area (Å²) in [4.78, 5) is 28.6. The summed E-state index contributed by atoms with van der Waals surface area (Å²) < 4.78 is 47.7. The molecule has 0 spiro atoms. The Morgan fingerprint density at radius 2 is 1.80 bits per heavy atom. The zero-order valence-electron chi connectivity index (χ0n) is 25.2. The van der Waals surface area contributed by atoms with Gasteiger partial charge in [-0.2, -0.15) is 5.10 Å². The maximum absolute atomic E-state index is 12.4. The summed E-state index contributed by atoms with van der Waals surface area (Å²) in [5, 5.41) is 33.5. The lowest BCUT2D eigenvalue weighted by atomic mass is 10.1. The number of imidazole rings is 1. The molecule has 3 heterocycles. The van der Waals surface area contributed by atoms with Gasteiger partial charge in [0.05, 0.1) is 17.8 Å². The Morgan fingerprint density at radius 3 is 2.52 bits per heavy atom. The van der Waals surface area contributed by atoms with Gasteiger partial charge in [0.1, 0.15) is 28.9 Å². The predicted molar refractivity (Wildman–Crippen MR) is 161 cm³/mol. The van der Waals surface area contributed by atoms with E-state index in [1.165, 1.54) is 40.6 Å². The number of carbonyl (C=O) groups excluding carboxylic acids is 2. The molecule has 0 aliphatic heterocycles. The van der Waals surface area contributed by atoms with Crippen LogP contribution < -0.4 is 15.4 Å². The molecule has 46 heavy (non-hydrogen) atoms. The van der Waals surface area contributed by atoms with Crippen molar-refractivity contribution in [2.45, 2.75) is 77.5 Å². The van der Waals surface area contributed by atoms with E-state index in [1.807, 2.05) is 0 Å². The van der Waals surface area contributed by atoms with Gasteiger partial charge in [-0.3, -0.25) is 4.79 Å². The Morgan fingerprint density at radius 1 is 1.02 bits per heavy atom. The lowest BCUT2D eigenvalue weighted by Gasteiger charge is -2.19. The molecule has 0 saturated carbocycles. The normalized spacial score (nSPS) is 12.4. The minimum absolute atomic E-state index is 0.142. The molecule has 3 N–H and O–H groups in total. The van der Waals surface area contributed by atoms with Gasteiger partial charge in [0, 0.05) is 19.0 Å². The van der Waals surface area contributed by atoms with Gasteiger partial charge in [0.15, 0.2) is 5.82 Å². The van der Waals surface area contributed by atoms with E-state index in [0.717, 1.165) is 35.7 Å². The van der Waals surface area contributed by atoms with Crippen molar-refractivity contribution in [3.05, 3.63) is 70.9 Å². The second-order valence-electron chi connectivity index (χ2n) is 11.2. The lowest BCUT2D eigenvalue weighted by molar-refractivity contribution is -0.274. The number of nitrogens with zero attached hydrogens (tertiary/aromatic N) is 6. The average Bonchev–Trinajstić information content (AvgIpc) is 3.60. The summed E-state index contributed by atoms with van der Waals surface area (Å²) in [7, 11) is 0. The van der Waals surface area contributed by atoms with Crippen molar-refractivity contribution in [2.75, 3.05) is 10.6 Å². The zero-order valence-corrected chi connectivity index (χ0v) is 26.1. The van der Waals surface area contributed by atoms with E-state index >= 15 is 0 Å². The molecule has 1 amide bonds. The van der Waals surface area contributed by atoms with Gasteiger partial charge in [-0.15, -0.1) is 28.5 Å². The number of rotatable bonds is 13. The number of halogens is 3. The number of nitrogens with one attached hydrogen (secondary N) is 2. The first-order valence-electron chi connectivity index (χ1n) is 14.2. The van der Waals surface area contributed by atoms with Crippen LogP contribution in [-0.2, 0) is 35.2 Å². The first-order chi connectivity index (χ1) is 21.7. The van der Waals surface area contributed by atoms with Crippen molar-refractivity contribution < 1.29 is 37.3 Å². The lowest BCUT2D eigenvalue weighted by Crippen LogP contribution is -2.26. The van der Waals surface area contributed by atoms with Crippen molar-refractivity contribution in [1.82, 2.24) is 29.9 Å². The highest BCUT2D eigenvalue weighted by Gasteiger charge is 2.31. The van der Waals surface area contributed by atoms with Crippen LogP contribution in [0.5, 0.6) is 5.75 Å². The molecule has 0 bridgehead atoms.